The SMILES string of the molecule is Cc1ccc(C(=O)NC2CC2)cc1NC(=O)COc1cccc(C(N)=O)c1. The number of rotatable bonds is 7. The summed E-state index contributed by atoms with van der Waals surface area (Å²) in [5.74, 6) is -0.715. The van der Waals surface area contributed by atoms with Gasteiger partial charge in [-0.15, -0.1) is 0 Å². The van der Waals surface area contributed by atoms with E-state index in [9.17, 15) is 14.4 Å². The minimum atomic E-state index is -0.568. The van der Waals surface area contributed by atoms with Crippen molar-refractivity contribution in [2.45, 2.75) is 25.8 Å². The first-order valence-corrected chi connectivity index (χ1v) is 8.66. The molecule has 0 unspecified atom stereocenters. The van der Waals surface area contributed by atoms with Gasteiger partial charge in [0.15, 0.2) is 6.61 Å². The average molecular weight is 367 g/mol. The van der Waals surface area contributed by atoms with Crippen molar-refractivity contribution in [3.05, 3.63) is 59.2 Å². The number of nitrogens with two attached hydrogens (primary N) is 1. The van der Waals surface area contributed by atoms with E-state index in [0.717, 1.165) is 18.4 Å². The maximum atomic E-state index is 12.2. The topological polar surface area (TPSA) is 111 Å². The van der Waals surface area contributed by atoms with Crippen LogP contribution in [-0.4, -0.2) is 30.4 Å². The van der Waals surface area contributed by atoms with Crippen LogP contribution in [0.15, 0.2) is 42.5 Å². The summed E-state index contributed by atoms with van der Waals surface area (Å²) in [6, 6.07) is 11.7. The van der Waals surface area contributed by atoms with E-state index >= 15 is 0 Å². The summed E-state index contributed by atoms with van der Waals surface area (Å²) in [5.41, 5.74) is 7.41. The standard InChI is InChI=1S/C20H21N3O4/c1-12-5-6-14(20(26)22-15-7-8-15)10-17(12)23-18(24)11-27-16-4-2-3-13(9-16)19(21)25/h2-6,9-10,15H,7-8,11H2,1H3,(H2,21,25)(H,22,26)(H,23,24). The maximum Gasteiger partial charge on any atom is 0.262 e. The molecule has 0 aliphatic heterocycles. The van der Waals surface area contributed by atoms with E-state index < -0.39 is 5.91 Å². The largest absolute Gasteiger partial charge is 0.484 e. The van der Waals surface area contributed by atoms with Crippen LogP contribution in [0.25, 0.3) is 0 Å². The van der Waals surface area contributed by atoms with E-state index in [-0.39, 0.29) is 24.5 Å². The normalized spacial score (nSPS) is 12.9. The first kappa shape index (κ1) is 18.4. The summed E-state index contributed by atoms with van der Waals surface area (Å²) >= 11 is 0. The van der Waals surface area contributed by atoms with Crippen LogP contribution in [-0.2, 0) is 4.79 Å². The Bertz CT molecular complexity index is 891. The van der Waals surface area contributed by atoms with Crippen LogP contribution in [0.3, 0.4) is 0 Å². The summed E-state index contributed by atoms with van der Waals surface area (Å²) in [7, 11) is 0. The Kier molecular flexibility index (Phi) is 5.40. The number of carbonyl (C=O) groups excluding carboxylic acids is 3. The summed E-state index contributed by atoms with van der Waals surface area (Å²) in [6.45, 7) is 1.61. The summed E-state index contributed by atoms with van der Waals surface area (Å²) in [5, 5.41) is 5.66. The number of amides is 3. The van der Waals surface area contributed by atoms with Crippen molar-refractivity contribution in [2.75, 3.05) is 11.9 Å². The van der Waals surface area contributed by atoms with Gasteiger partial charge in [0.25, 0.3) is 11.8 Å². The Morgan fingerprint density at radius 2 is 1.89 bits per heavy atom. The second-order valence-electron chi connectivity index (χ2n) is 6.51. The summed E-state index contributed by atoms with van der Waals surface area (Å²) in [4.78, 5) is 35.5. The van der Waals surface area contributed by atoms with Gasteiger partial charge in [-0.3, -0.25) is 14.4 Å². The third-order valence-electron chi connectivity index (χ3n) is 4.17. The van der Waals surface area contributed by atoms with Crippen LogP contribution < -0.4 is 21.1 Å². The lowest BCUT2D eigenvalue weighted by atomic mass is 10.1. The van der Waals surface area contributed by atoms with Crippen LogP contribution in [0.1, 0.15) is 39.1 Å². The highest BCUT2D eigenvalue weighted by Gasteiger charge is 2.24. The molecule has 1 aliphatic rings. The summed E-state index contributed by atoms with van der Waals surface area (Å²) < 4.78 is 5.41. The number of carbonyl (C=O) groups is 3. The molecule has 0 atom stereocenters. The number of aryl methyl sites for hydroxylation is 1. The molecule has 27 heavy (non-hydrogen) atoms. The minimum absolute atomic E-state index is 0.146. The molecule has 0 spiro atoms. The Morgan fingerprint density at radius 1 is 1.11 bits per heavy atom. The molecule has 0 heterocycles. The van der Waals surface area contributed by atoms with Crippen molar-refractivity contribution in [3.63, 3.8) is 0 Å². The quantitative estimate of drug-likeness (QED) is 0.695. The molecule has 0 aromatic heterocycles. The smallest absolute Gasteiger partial charge is 0.262 e. The molecule has 3 amide bonds. The van der Waals surface area contributed by atoms with E-state index in [1.165, 1.54) is 6.07 Å². The highest BCUT2D eigenvalue weighted by Crippen LogP contribution is 2.21. The van der Waals surface area contributed by atoms with E-state index in [1.54, 1.807) is 36.4 Å². The van der Waals surface area contributed by atoms with Gasteiger partial charge in [-0.2, -0.15) is 0 Å². The molecule has 4 N–H and O–H groups in total. The third kappa shape index (κ3) is 5.07. The third-order valence-corrected chi connectivity index (χ3v) is 4.17. The Morgan fingerprint density at radius 3 is 2.59 bits per heavy atom. The van der Waals surface area contributed by atoms with Gasteiger partial charge < -0.3 is 21.1 Å². The lowest BCUT2D eigenvalue weighted by Gasteiger charge is -2.12. The van der Waals surface area contributed by atoms with Crippen LogP contribution in [0.4, 0.5) is 5.69 Å². The Balaban J connectivity index is 1.60. The van der Waals surface area contributed by atoms with Crippen LogP contribution in [0.2, 0.25) is 0 Å². The zero-order valence-electron chi connectivity index (χ0n) is 15.0. The monoisotopic (exact) mass is 367 g/mol. The highest BCUT2D eigenvalue weighted by atomic mass is 16.5. The van der Waals surface area contributed by atoms with Crippen molar-refractivity contribution >= 4 is 23.4 Å². The second-order valence-corrected chi connectivity index (χ2v) is 6.51. The number of nitrogens with one attached hydrogen (secondary N) is 2. The van der Waals surface area contributed by atoms with Gasteiger partial charge in [-0.25, -0.2) is 0 Å². The van der Waals surface area contributed by atoms with E-state index in [2.05, 4.69) is 10.6 Å². The molecule has 3 rings (SSSR count). The van der Waals surface area contributed by atoms with Crippen LogP contribution >= 0.6 is 0 Å². The molecule has 1 aliphatic carbocycles. The molecule has 7 heteroatoms. The van der Waals surface area contributed by atoms with E-state index in [1.807, 2.05) is 6.92 Å². The Labute approximate surface area is 156 Å². The van der Waals surface area contributed by atoms with Gasteiger partial charge in [-0.05, 0) is 55.7 Å². The first-order valence-electron chi connectivity index (χ1n) is 8.66. The highest BCUT2D eigenvalue weighted by molar-refractivity contribution is 5.98. The van der Waals surface area contributed by atoms with Gasteiger partial charge in [-0.1, -0.05) is 12.1 Å². The fourth-order valence-corrected chi connectivity index (χ4v) is 2.47. The molecule has 0 saturated heterocycles. The molecule has 7 nitrogen and oxygen atoms in total. The maximum absolute atomic E-state index is 12.2. The van der Waals surface area contributed by atoms with Gasteiger partial charge in [0, 0.05) is 22.9 Å². The predicted octanol–water partition coefficient (Wildman–Crippen LogP) is 2.00. The minimum Gasteiger partial charge on any atom is -0.484 e. The zero-order valence-corrected chi connectivity index (χ0v) is 15.0. The number of ether oxygens (including phenoxy) is 1. The molecular formula is C20H21N3O4. The fourth-order valence-electron chi connectivity index (χ4n) is 2.47. The van der Waals surface area contributed by atoms with E-state index in [4.69, 9.17) is 10.5 Å². The zero-order chi connectivity index (χ0) is 19.4. The number of hydrogen-bond donors (Lipinski definition) is 3. The number of benzene rings is 2. The molecular weight excluding hydrogens is 346 g/mol. The number of anilines is 1. The van der Waals surface area contributed by atoms with Gasteiger partial charge in [0.2, 0.25) is 5.91 Å². The molecule has 1 fully saturated rings. The van der Waals surface area contributed by atoms with Crippen molar-refractivity contribution < 1.29 is 19.1 Å². The summed E-state index contributed by atoms with van der Waals surface area (Å²) in [6.07, 6.45) is 2.02. The van der Waals surface area contributed by atoms with Crippen molar-refractivity contribution in [1.82, 2.24) is 5.32 Å². The Hall–Kier alpha value is -3.35. The number of primary amides is 1. The average Bonchev–Trinajstić information content (AvgIpc) is 3.46. The molecule has 2 aromatic carbocycles. The van der Waals surface area contributed by atoms with Crippen LogP contribution in [0, 0.1) is 6.92 Å². The van der Waals surface area contributed by atoms with Crippen molar-refractivity contribution in [3.8, 4) is 5.75 Å². The van der Waals surface area contributed by atoms with Gasteiger partial charge in [0.1, 0.15) is 5.75 Å². The fraction of sp³-hybridized carbons (Fsp3) is 0.250. The lowest BCUT2D eigenvalue weighted by Crippen LogP contribution is -2.26. The number of hydrogen-bond acceptors (Lipinski definition) is 4. The molecule has 1 saturated carbocycles. The van der Waals surface area contributed by atoms with Crippen molar-refractivity contribution in [1.29, 1.82) is 0 Å². The van der Waals surface area contributed by atoms with E-state index in [0.29, 0.717) is 22.6 Å². The van der Waals surface area contributed by atoms with Crippen molar-refractivity contribution in [2.24, 2.45) is 5.73 Å². The molecule has 0 bridgehead atoms. The van der Waals surface area contributed by atoms with Gasteiger partial charge in [0.05, 0.1) is 0 Å². The molecule has 140 valence electrons. The first-order chi connectivity index (χ1) is 12.9. The molecule has 2 aromatic rings. The molecule has 0 radical (unpaired) electrons. The van der Waals surface area contributed by atoms with Crippen LogP contribution in [0.5, 0.6) is 5.75 Å². The second kappa shape index (κ2) is 7.90. The lowest BCUT2D eigenvalue weighted by molar-refractivity contribution is -0.118. The van der Waals surface area contributed by atoms with Gasteiger partial charge >= 0.3 is 0 Å². The predicted molar refractivity (Wildman–Crippen MR) is 101 cm³/mol.